The van der Waals surface area contributed by atoms with Crippen LogP contribution in [0.2, 0.25) is 0 Å². The molecule has 260 valence electrons. The molecule has 0 saturated heterocycles. The van der Waals surface area contributed by atoms with Crippen LogP contribution < -0.4 is 10.9 Å². The lowest BCUT2D eigenvalue weighted by Gasteiger charge is -2.41. The van der Waals surface area contributed by atoms with Crippen molar-refractivity contribution in [2.75, 3.05) is 13.2 Å². The lowest BCUT2D eigenvalue weighted by molar-refractivity contribution is -0.144. The van der Waals surface area contributed by atoms with Crippen molar-refractivity contribution in [2.24, 2.45) is 20.8 Å². The number of alkyl halides is 12. The van der Waals surface area contributed by atoms with Gasteiger partial charge in [-0.3, -0.25) is 9.98 Å². The van der Waals surface area contributed by atoms with E-state index in [1.807, 2.05) is 0 Å². The fraction of sp³-hybridized carbons (Fsp3) is 0.533. The first kappa shape index (κ1) is 36.4. The molecule has 0 aliphatic carbocycles. The van der Waals surface area contributed by atoms with Crippen LogP contribution in [0.25, 0.3) is 0 Å². The molecule has 0 N–H and O–H groups in total. The highest BCUT2D eigenvalue weighted by Gasteiger charge is 2.51. The van der Waals surface area contributed by atoms with Gasteiger partial charge < -0.3 is 9.47 Å². The van der Waals surface area contributed by atoms with Gasteiger partial charge >= 0.3 is 24.7 Å². The first-order valence-electron chi connectivity index (χ1n) is 14.2. The Bertz CT molecular complexity index is 1390. The molecule has 0 amide bonds. The van der Waals surface area contributed by atoms with Crippen molar-refractivity contribution < 1.29 is 62.2 Å². The maximum absolute atomic E-state index is 14.2. The molecular formula is C30H30BF12N2O2-. The van der Waals surface area contributed by atoms with Gasteiger partial charge in [0.1, 0.15) is 13.2 Å². The highest BCUT2D eigenvalue weighted by Crippen LogP contribution is 2.40. The second-order valence-corrected chi connectivity index (χ2v) is 13.9. The Morgan fingerprint density at radius 2 is 0.745 bits per heavy atom. The number of rotatable bonds is 4. The van der Waals surface area contributed by atoms with Gasteiger partial charge in [0.25, 0.3) is 0 Å². The van der Waals surface area contributed by atoms with Crippen LogP contribution >= 0.6 is 0 Å². The lowest BCUT2D eigenvalue weighted by atomic mass is 9.17. The lowest BCUT2D eigenvalue weighted by Crippen LogP contribution is -2.71. The highest BCUT2D eigenvalue weighted by molar-refractivity contribution is 7.38. The summed E-state index contributed by atoms with van der Waals surface area (Å²) in [5, 5.41) is 0. The minimum Gasteiger partial charge on any atom is -0.518 e. The van der Waals surface area contributed by atoms with Gasteiger partial charge in [-0.05, 0) is 23.0 Å². The Labute approximate surface area is 262 Å². The third kappa shape index (κ3) is 7.22. The van der Waals surface area contributed by atoms with E-state index in [9.17, 15) is 52.7 Å². The van der Waals surface area contributed by atoms with Crippen molar-refractivity contribution >= 4 is 28.7 Å². The predicted molar refractivity (Wildman–Crippen MR) is 151 cm³/mol. The van der Waals surface area contributed by atoms with Crippen molar-refractivity contribution in [1.29, 1.82) is 0 Å². The van der Waals surface area contributed by atoms with Crippen LogP contribution in [0.4, 0.5) is 52.7 Å². The number of aliphatic imine (C=N–C) groups is 2. The summed E-state index contributed by atoms with van der Waals surface area (Å²) in [5.41, 5.74) is -11.0. The number of benzene rings is 2. The molecule has 2 atom stereocenters. The summed E-state index contributed by atoms with van der Waals surface area (Å²) in [5.74, 6) is -1.42. The van der Waals surface area contributed by atoms with Crippen molar-refractivity contribution in [3.05, 3.63) is 58.7 Å². The molecule has 17 heteroatoms. The van der Waals surface area contributed by atoms with Gasteiger partial charge in [-0.2, -0.15) is 63.6 Å². The summed E-state index contributed by atoms with van der Waals surface area (Å²) in [6.07, 6.45) is -25.7. The van der Waals surface area contributed by atoms with E-state index < -0.39 is 98.5 Å². The average Bonchev–Trinajstić information content (AvgIpc) is 3.58. The van der Waals surface area contributed by atoms with Crippen LogP contribution in [0.1, 0.15) is 63.8 Å². The Hall–Kier alpha value is -3.40. The number of hydrogen-bond acceptors (Lipinski definition) is 4. The molecule has 47 heavy (non-hydrogen) atoms. The first-order valence-corrected chi connectivity index (χ1v) is 14.2. The molecule has 2 aromatic carbocycles. The molecule has 0 radical (unpaired) electrons. The molecule has 4 nitrogen and oxygen atoms in total. The summed E-state index contributed by atoms with van der Waals surface area (Å²) in [6, 6.07) is -1.21. The quantitative estimate of drug-likeness (QED) is 0.241. The smallest absolute Gasteiger partial charge is 0.416 e. The Kier molecular flexibility index (Phi) is 8.80. The maximum atomic E-state index is 14.2. The monoisotopic (exact) mass is 689 g/mol. The highest BCUT2D eigenvalue weighted by atomic mass is 19.4. The molecule has 0 bridgehead atoms. The summed E-state index contributed by atoms with van der Waals surface area (Å²) in [7, 11) is 0. The summed E-state index contributed by atoms with van der Waals surface area (Å²) in [6.45, 7) is 9.32. The van der Waals surface area contributed by atoms with Crippen LogP contribution in [0.5, 0.6) is 0 Å². The zero-order valence-corrected chi connectivity index (χ0v) is 25.9. The van der Waals surface area contributed by atoms with Gasteiger partial charge in [0.05, 0.1) is 34.3 Å². The summed E-state index contributed by atoms with van der Waals surface area (Å²) in [4.78, 5) is 8.84. The van der Waals surface area contributed by atoms with Gasteiger partial charge in [0.15, 0.2) is 0 Å². The van der Waals surface area contributed by atoms with Crippen LogP contribution in [0.15, 0.2) is 46.4 Å². The molecule has 0 aromatic heterocycles. The summed E-state index contributed by atoms with van der Waals surface area (Å²) >= 11 is 0. The zero-order chi connectivity index (χ0) is 35.8. The minimum absolute atomic E-state index is 0.206. The standard InChI is InChI=1S/C30H30BF12N2O2/c1-25(2,3)21-13-46-23(44-21)31(24-45-22(14-47-24)26(4,5)6,19-9-15(27(32,33)34)7-16(10-19)28(35,36)37)20-11-17(29(38,39)40)8-18(12-20)30(41,42)43/h7-12,21-22H,13-14H2,1-6H3/q-1/t21-,22-/m1/s1. The maximum Gasteiger partial charge on any atom is 0.416 e. The van der Waals surface area contributed by atoms with Gasteiger partial charge in [0, 0.05) is 11.6 Å². The number of ether oxygens (including phenoxy) is 2. The Morgan fingerprint density at radius 1 is 0.489 bits per heavy atom. The molecule has 2 aromatic rings. The third-order valence-corrected chi connectivity index (χ3v) is 8.30. The van der Waals surface area contributed by atoms with Crippen molar-refractivity contribution in [3.63, 3.8) is 0 Å². The third-order valence-electron chi connectivity index (χ3n) is 8.30. The van der Waals surface area contributed by atoms with Crippen molar-refractivity contribution in [2.45, 2.75) is 78.3 Å². The Balaban J connectivity index is 2.31. The normalized spacial score (nSPS) is 20.1. The Morgan fingerprint density at radius 3 is 0.936 bits per heavy atom. The van der Waals surface area contributed by atoms with E-state index in [1.54, 1.807) is 41.5 Å². The van der Waals surface area contributed by atoms with E-state index in [2.05, 4.69) is 9.98 Å². The van der Waals surface area contributed by atoms with Gasteiger partial charge in [-0.25, -0.2) is 0 Å². The predicted octanol–water partition coefficient (Wildman–Crippen LogP) is 8.09. The van der Waals surface area contributed by atoms with E-state index in [0.29, 0.717) is 0 Å². The van der Waals surface area contributed by atoms with Crippen LogP contribution in [0, 0.1) is 10.8 Å². The molecule has 2 aliphatic rings. The van der Waals surface area contributed by atoms with E-state index in [0.717, 1.165) is 0 Å². The van der Waals surface area contributed by atoms with Crippen LogP contribution in [-0.2, 0) is 34.2 Å². The van der Waals surface area contributed by atoms with Crippen LogP contribution in [-0.4, -0.2) is 43.0 Å². The molecule has 4 rings (SSSR count). The molecule has 2 aliphatic heterocycles. The molecule has 0 unspecified atom stereocenters. The van der Waals surface area contributed by atoms with E-state index in [1.165, 1.54) is 0 Å². The molecular weight excluding hydrogens is 659 g/mol. The summed E-state index contributed by atoms with van der Waals surface area (Å²) < 4.78 is 182. The zero-order valence-electron chi connectivity index (χ0n) is 25.9. The largest absolute Gasteiger partial charge is 0.518 e. The van der Waals surface area contributed by atoms with Gasteiger partial charge in [0.2, 0.25) is 6.15 Å². The SMILES string of the molecule is CC(C)(C)[C@H]1COC([B-](C2=N[C@@H](C(C)(C)C)CO2)(c2cc(C(F)(F)F)cc(C(F)(F)F)c2)c2cc(C(F)(F)F)cc(C(F)(F)F)c2)=N1. The molecule has 0 spiro atoms. The fourth-order valence-electron chi connectivity index (χ4n) is 5.47. The second kappa shape index (κ2) is 11.4. The fourth-order valence-corrected chi connectivity index (χ4v) is 5.47. The molecule has 0 fully saturated rings. The van der Waals surface area contributed by atoms with Gasteiger partial charge in [-0.1, -0.05) is 65.8 Å². The van der Waals surface area contributed by atoms with E-state index >= 15 is 0 Å². The van der Waals surface area contributed by atoms with Crippen LogP contribution in [0.3, 0.4) is 0 Å². The second-order valence-electron chi connectivity index (χ2n) is 13.9. The molecule has 2 heterocycles. The van der Waals surface area contributed by atoms with E-state index in [-0.39, 0.29) is 49.6 Å². The average molecular weight is 689 g/mol. The van der Waals surface area contributed by atoms with Gasteiger partial charge in [-0.15, -0.1) is 0 Å². The number of nitrogens with zero attached hydrogens (tertiary/aromatic N) is 2. The van der Waals surface area contributed by atoms with E-state index in [4.69, 9.17) is 9.47 Å². The number of halogens is 12. The molecule has 0 saturated carbocycles. The number of hydrogen-bond donors (Lipinski definition) is 0. The first-order chi connectivity index (χ1) is 21.1. The van der Waals surface area contributed by atoms with Crippen molar-refractivity contribution in [3.8, 4) is 0 Å². The minimum atomic E-state index is -5.43. The van der Waals surface area contributed by atoms with Crippen molar-refractivity contribution in [1.82, 2.24) is 0 Å². The topological polar surface area (TPSA) is 43.2 Å².